The Morgan fingerprint density at radius 2 is 1.85 bits per heavy atom. The molecule has 10 nitrogen and oxygen atoms in total. The first kappa shape index (κ1) is 19.7. The van der Waals surface area contributed by atoms with E-state index in [4.69, 9.17) is 4.74 Å². The van der Waals surface area contributed by atoms with Crippen molar-refractivity contribution in [2.75, 3.05) is 6.61 Å². The van der Waals surface area contributed by atoms with E-state index in [1.54, 1.807) is 6.92 Å². The fourth-order valence-electron chi connectivity index (χ4n) is 1.89. The van der Waals surface area contributed by atoms with Gasteiger partial charge in [0.15, 0.2) is 9.24 Å². The normalized spacial score (nSPS) is 10.5. The predicted octanol–water partition coefficient (Wildman–Crippen LogP) is 3.77. The molecule has 2 aromatic rings. The number of nitro groups is 2. The summed E-state index contributed by atoms with van der Waals surface area (Å²) in [6.45, 7) is 3.74. The van der Waals surface area contributed by atoms with Crippen LogP contribution in [-0.4, -0.2) is 32.6 Å². The van der Waals surface area contributed by atoms with E-state index in [0.29, 0.717) is 15.8 Å². The van der Waals surface area contributed by atoms with Gasteiger partial charge in [0, 0.05) is 12.1 Å². The lowest BCUT2D eigenvalue weighted by atomic mass is 10.1. The second-order valence-electron chi connectivity index (χ2n) is 5.04. The second kappa shape index (κ2) is 8.67. The number of esters is 1. The molecule has 0 fully saturated rings. The van der Waals surface area contributed by atoms with Crippen LogP contribution >= 0.6 is 23.1 Å². The van der Waals surface area contributed by atoms with Crippen LogP contribution in [0.4, 0.5) is 11.4 Å². The van der Waals surface area contributed by atoms with Crippen molar-refractivity contribution in [2.45, 2.75) is 35.9 Å². The topological polar surface area (TPSA) is 138 Å². The summed E-state index contributed by atoms with van der Waals surface area (Å²) in [6, 6.07) is 1.97. The van der Waals surface area contributed by atoms with Crippen LogP contribution in [0.2, 0.25) is 0 Å². The van der Waals surface area contributed by atoms with Crippen molar-refractivity contribution in [3.05, 3.63) is 42.9 Å². The highest BCUT2D eigenvalue weighted by Gasteiger charge is 2.30. The maximum absolute atomic E-state index is 12.0. The van der Waals surface area contributed by atoms with Crippen LogP contribution in [0.3, 0.4) is 0 Å². The Morgan fingerprint density at radius 1 is 1.23 bits per heavy atom. The van der Waals surface area contributed by atoms with Crippen molar-refractivity contribution >= 4 is 40.4 Å². The van der Waals surface area contributed by atoms with Gasteiger partial charge in [-0.1, -0.05) is 24.7 Å². The zero-order valence-corrected chi connectivity index (χ0v) is 15.5. The molecule has 0 unspecified atom stereocenters. The van der Waals surface area contributed by atoms with E-state index in [0.717, 1.165) is 41.7 Å². The van der Waals surface area contributed by atoms with Crippen LogP contribution in [-0.2, 0) is 4.74 Å². The zero-order valence-electron chi connectivity index (χ0n) is 13.8. The quantitative estimate of drug-likeness (QED) is 0.281. The molecular formula is C14H14N4O6S2. The van der Waals surface area contributed by atoms with E-state index in [1.165, 1.54) is 0 Å². The maximum atomic E-state index is 12.0. The Morgan fingerprint density at radius 3 is 2.31 bits per heavy atom. The molecule has 2 rings (SSSR count). The molecule has 0 amide bonds. The van der Waals surface area contributed by atoms with Crippen molar-refractivity contribution in [1.29, 1.82) is 0 Å². The SMILES string of the molecule is CCCCOC(=O)c1cc([N+](=O)[O-])c(Sc2nnc(C)s2)c([N+](=O)[O-])c1. The van der Waals surface area contributed by atoms with Gasteiger partial charge in [-0.15, -0.1) is 10.2 Å². The number of ether oxygens (including phenoxy) is 1. The molecule has 0 radical (unpaired) electrons. The number of carbonyl (C=O) groups is 1. The molecule has 0 aliphatic heterocycles. The molecule has 0 aliphatic rings. The van der Waals surface area contributed by atoms with Crippen molar-refractivity contribution < 1.29 is 19.4 Å². The van der Waals surface area contributed by atoms with Gasteiger partial charge in [-0.2, -0.15) is 0 Å². The van der Waals surface area contributed by atoms with Gasteiger partial charge in [-0.25, -0.2) is 4.79 Å². The summed E-state index contributed by atoms with van der Waals surface area (Å²) in [5.74, 6) is -0.840. The molecule has 26 heavy (non-hydrogen) atoms. The van der Waals surface area contributed by atoms with Gasteiger partial charge < -0.3 is 4.74 Å². The number of carbonyl (C=O) groups excluding carboxylic acids is 1. The van der Waals surface area contributed by atoms with Crippen LogP contribution in [0.25, 0.3) is 0 Å². The number of hydrogen-bond donors (Lipinski definition) is 0. The van der Waals surface area contributed by atoms with Gasteiger partial charge in [-0.05, 0) is 25.1 Å². The first-order chi connectivity index (χ1) is 12.3. The van der Waals surface area contributed by atoms with Crippen LogP contribution in [0.1, 0.15) is 35.1 Å². The Labute approximate surface area is 155 Å². The van der Waals surface area contributed by atoms with Gasteiger partial charge in [0.2, 0.25) is 0 Å². The number of aromatic nitrogens is 2. The van der Waals surface area contributed by atoms with Crippen LogP contribution in [0.5, 0.6) is 0 Å². The number of hydrogen-bond acceptors (Lipinski definition) is 10. The highest BCUT2D eigenvalue weighted by molar-refractivity contribution is 8.01. The van der Waals surface area contributed by atoms with Crippen molar-refractivity contribution in [3.63, 3.8) is 0 Å². The van der Waals surface area contributed by atoms with E-state index in [-0.39, 0.29) is 17.1 Å². The summed E-state index contributed by atoms with van der Waals surface area (Å²) < 4.78 is 5.31. The zero-order chi connectivity index (χ0) is 19.3. The standard InChI is InChI=1S/C14H14N4O6S2/c1-3-4-5-24-13(19)9-6-10(17(20)21)12(11(7-9)18(22)23)26-14-16-15-8(2)25-14/h6-7H,3-5H2,1-2H3. The number of nitrogens with zero attached hydrogens (tertiary/aromatic N) is 4. The third kappa shape index (κ3) is 4.73. The lowest BCUT2D eigenvalue weighted by Gasteiger charge is -2.07. The Kier molecular flexibility index (Phi) is 6.58. The molecule has 0 aliphatic carbocycles. The molecule has 0 bridgehead atoms. The van der Waals surface area contributed by atoms with E-state index >= 15 is 0 Å². The molecule has 1 heterocycles. The van der Waals surface area contributed by atoms with Crippen molar-refractivity contribution in [2.24, 2.45) is 0 Å². The van der Waals surface area contributed by atoms with E-state index < -0.39 is 27.2 Å². The van der Waals surface area contributed by atoms with Crippen LogP contribution in [0, 0.1) is 27.2 Å². The van der Waals surface area contributed by atoms with E-state index in [2.05, 4.69) is 10.2 Å². The highest BCUT2D eigenvalue weighted by Crippen LogP contribution is 2.43. The average molecular weight is 398 g/mol. The minimum atomic E-state index is -0.840. The first-order valence-corrected chi connectivity index (χ1v) is 9.08. The summed E-state index contributed by atoms with van der Waals surface area (Å²) in [4.78, 5) is 33.1. The number of unbranched alkanes of at least 4 members (excludes halogenated alkanes) is 1. The molecule has 0 spiro atoms. The molecule has 12 heteroatoms. The van der Waals surface area contributed by atoms with Gasteiger partial charge in [0.1, 0.15) is 5.01 Å². The summed E-state index contributed by atoms with van der Waals surface area (Å²) in [5.41, 5.74) is -1.35. The van der Waals surface area contributed by atoms with E-state index in [9.17, 15) is 25.0 Å². The van der Waals surface area contributed by atoms with Crippen molar-refractivity contribution in [3.8, 4) is 0 Å². The monoisotopic (exact) mass is 398 g/mol. The highest BCUT2D eigenvalue weighted by atomic mass is 32.2. The Bertz CT molecular complexity index is 819. The molecule has 0 saturated carbocycles. The number of rotatable bonds is 8. The summed E-state index contributed by atoms with van der Waals surface area (Å²) in [7, 11) is 0. The third-order valence-electron chi connectivity index (χ3n) is 3.11. The molecule has 0 N–H and O–H groups in total. The van der Waals surface area contributed by atoms with E-state index in [1.807, 2.05) is 6.92 Å². The van der Waals surface area contributed by atoms with Gasteiger partial charge in [0.05, 0.1) is 22.0 Å². The lowest BCUT2D eigenvalue weighted by Crippen LogP contribution is -2.08. The van der Waals surface area contributed by atoms with Gasteiger partial charge in [0.25, 0.3) is 11.4 Å². The Hall–Kier alpha value is -2.60. The van der Waals surface area contributed by atoms with Gasteiger partial charge in [-0.3, -0.25) is 20.2 Å². The fourth-order valence-corrected chi connectivity index (χ4v) is 3.82. The average Bonchev–Trinajstić information content (AvgIpc) is 2.99. The molecule has 1 aromatic carbocycles. The number of benzene rings is 1. The number of nitro benzene ring substituents is 2. The van der Waals surface area contributed by atoms with Crippen LogP contribution in [0.15, 0.2) is 21.4 Å². The lowest BCUT2D eigenvalue weighted by molar-refractivity contribution is -0.399. The molecular weight excluding hydrogens is 384 g/mol. The van der Waals surface area contributed by atoms with Crippen molar-refractivity contribution in [1.82, 2.24) is 10.2 Å². The van der Waals surface area contributed by atoms with Gasteiger partial charge >= 0.3 is 5.97 Å². The molecule has 0 atom stereocenters. The number of aryl methyl sites for hydroxylation is 1. The summed E-state index contributed by atoms with van der Waals surface area (Å²) >= 11 is 1.92. The summed E-state index contributed by atoms with van der Waals surface area (Å²) in [5, 5.41) is 31.0. The smallest absolute Gasteiger partial charge is 0.338 e. The molecule has 138 valence electrons. The largest absolute Gasteiger partial charge is 0.462 e. The first-order valence-electron chi connectivity index (χ1n) is 7.45. The third-order valence-corrected chi connectivity index (χ3v) is 5.12. The summed E-state index contributed by atoms with van der Waals surface area (Å²) in [6.07, 6.45) is 1.42. The minimum absolute atomic E-state index is 0.136. The fraction of sp³-hybridized carbons (Fsp3) is 0.357. The maximum Gasteiger partial charge on any atom is 0.338 e. The predicted molar refractivity (Wildman–Crippen MR) is 93.7 cm³/mol. The Balaban J connectivity index is 2.47. The minimum Gasteiger partial charge on any atom is -0.462 e. The van der Waals surface area contributed by atoms with Crippen LogP contribution < -0.4 is 0 Å². The molecule has 0 saturated heterocycles. The second-order valence-corrected chi connectivity index (χ2v) is 7.48. The molecule has 1 aromatic heterocycles.